The molecular weight excluding hydrogens is 280 g/mol. The van der Waals surface area contributed by atoms with Gasteiger partial charge in [0, 0.05) is 16.6 Å². The summed E-state index contributed by atoms with van der Waals surface area (Å²) in [5.74, 6) is -1.19. The summed E-state index contributed by atoms with van der Waals surface area (Å²) in [6, 6.07) is 2.59. The number of hydrogen-bond donors (Lipinski definition) is 0. The van der Waals surface area contributed by atoms with Crippen LogP contribution in [-0.2, 0) is 4.74 Å². The molecule has 0 amide bonds. The predicted molar refractivity (Wildman–Crippen MR) is 67.7 cm³/mol. The summed E-state index contributed by atoms with van der Waals surface area (Å²) in [6.07, 6.45) is 1.19. The normalized spacial score (nSPS) is 10.7. The monoisotopic (exact) mass is 287 g/mol. The first-order valence-electron chi connectivity index (χ1n) is 5.15. The van der Waals surface area contributed by atoms with Crippen LogP contribution in [0.1, 0.15) is 17.3 Å². The Bertz CT molecular complexity index is 631. The van der Waals surface area contributed by atoms with Gasteiger partial charge in [0.25, 0.3) is 0 Å². The summed E-state index contributed by atoms with van der Waals surface area (Å²) < 4.78 is 18.4. The molecule has 6 heteroatoms. The Morgan fingerprint density at radius 3 is 2.83 bits per heavy atom. The Balaban J connectivity index is 2.67. The molecule has 0 radical (unpaired) electrons. The SMILES string of the molecule is CCOC(=O)c1cnc2c(F)cc(Cl)cc2c1Cl. The number of halogens is 3. The highest BCUT2D eigenvalue weighted by Crippen LogP contribution is 2.30. The maximum atomic E-state index is 13.6. The number of rotatable bonds is 2. The van der Waals surface area contributed by atoms with Crippen molar-refractivity contribution < 1.29 is 13.9 Å². The van der Waals surface area contributed by atoms with Crippen LogP contribution in [0.4, 0.5) is 4.39 Å². The average Bonchev–Trinajstić information content (AvgIpc) is 2.30. The van der Waals surface area contributed by atoms with E-state index in [-0.39, 0.29) is 33.1 Å². The Morgan fingerprint density at radius 1 is 1.44 bits per heavy atom. The van der Waals surface area contributed by atoms with E-state index in [9.17, 15) is 9.18 Å². The lowest BCUT2D eigenvalue weighted by molar-refractivity contribution is 0.0526. The van der Waals surface area contributed by atoms with E-state index in [0.29, 0.717) is 0 Å². The fraction of sp³-hybridized carbons (Fsp3) is 0.167. The van der Waals surface area contributed by atoms with Crippen molar-refractivity contribution in [1.29, 1.82) is 0 Å². The average molecular weight is 288 g/mol. The van der Waals surface area contributed by atoms with Gasteiger partial charge in [0.2, 0.25) is 0 Å². The molecule has 0 saturated carbocycles. The number of aromatic nitrogens is 1. The van der Waals surface area contributed by atoms with E-state index in [4.69, 9.17) is 27.9 Å². The van der Waals surface area contributed by atoms with Crippen molar-refractivity contribution in [2.45, 2.75) is 6.92 Å². The molecule has 0 unspecified atom stereocenters. The van der Waals surface area contributed by atoms with E-state index < -0.39 is 11.8 Å². The molecule has 0 fully saturated rings. The van der Waals surface area contributed by atoms with E-state index in [0.717, 1.165) is 6.07 Å². The number of ether oxygens (including phenoxy) is 1. The van der Waals surface area contributed by atoms with Crippen LogP contribution in [0.25, 0.3) is 10.9 Å². The van der Waals surface area contributed by atoms with Crippen molar-refractivity contribution in [3.8, 4) is 0 Å². The van der Waals surface area contributed by atoms with Gasteiger partial charge in [-0.15, -0.1) is 0 Å². The molecule has 1 heterocycles. The number of benzene rings is 1. The minimum absolute atomic E-state index is 0.0671. The zero-order valence-electron chi connectivity index (χ0n) is 9.34. The highest BCUT2D eigenvalue weighted by atomic mass is 35.5. The second-order valence-electron chi connectivity index (χ2n) is 3.49. The predicted octanol–water partition coefficient (Wildman–Crippen LogP) is 3.86. The summed E-state index contributed by atoms with van der Waals surface area (Å²) in [5.41, 5.74) is 0.158. The molecule has 0 aliphatic rings. The highest BCUT2D eigenvalue weighted by Gasteiger charge is 2.17. The quantitative estimate of drug-likeness (QED) is 0.788. The lowest BCUT2D eigenvalue weighted by Gasteiger charge is -2.07. The van der Waals surface area contributed by atoms with Crippen LogP contribution in [0.3, 0.4) is 0 Å². The molecule has 0 N–H and O–H groups in total. The van der Waals surface area contributed by atoms with Crippen molar-refractivity contribution in [2.24, 2.45) is 0 Å². The zero-order valence-corrected chi connectivity index (χ0v) is 10.8. The molecule has 1 aromatic carbocycles. The Labute approximate surface area is 112 Å². The Hall–Kier alpha value is -1.39. The number of fused-ring (bicyclic) bond motifs is 1. The first-order chi connectivity index (χ1) is 8.54. The number of pyridine rings is 1. The summed E-state index contributed by atoms with van der Waals surface area (Å²) in [4.78, 5) is 15.5. The molecular formula is C12H8Cl2FNO2. The molecule has 0 spiro atoms. The van der Waals surface area contributed by atoms with Gasteiger partial charge >= 0.3 is 5.97 Å². The fourth-order valence-corrected chi connectivity index (χ4v) is 2.02. The standard InChI is InChI=1S/C12H8Cl2FNO2/c1-2-18-12(17)8-5-16-11-7(10(8)14)3-6(13)4-9(11)15/h3-5H,2H2,1H3. The lowest BCUT2D eigenvalue weighted by atomic mass is 10.1. The van der Waals surface area contributed by atoms with Gasteiger partial charge in [-0.3, -0.25) is 4.98 Å². The van der Waals surface area contributed by atoms with E-state index >= 15 is 0 Å². The van der Waals surface area contributed by atoms with Crippen LogP contribution in [0.5, 0.6) is 0 Å². The molecule has 0 aliphatic heterocycles. The minimum Gasteiger partial charge on any atom is -0.462 e. The third kappa shape index (κ3) is 2.26. The van der Waals surface area contributed by atoms with Crippen LogP contribution < -0.4 is 0 Å². The maximum absolute atomic E-state index is 13.6. The van der Waals surface area contributed by atoms with Crippen LogP contribution in [0.15, 0.2) is 18.3 Å². The molecule has 0 bridgehead atoms. The minimum atomic E-state index is -0.600. The molecule has 2 rings (SSSR count). The van der Waals surface area contributed by atoms with Crippen molar-refractivity contribution in [3.63, 3.8) is 0 Å². The molecule has 0 atom stereocenters. The van der Waals surface area contributed by atoms with Gasteiger partial charge in [0.1, 0.15) is 5.52 Å². The van der Waals surface area contributed by atoms with Crippen LogP contribution in [-0.4, -0.2) is 17.6 Å². The highest BCUT2D eigenvalue weighted by molar-refractivity contribution is 6.39. The van der Waals surface area contributed by atoms with Gasteiger partial charge in [-0.05, 0) is 19.1 Å². The van der Waals surface area contributed by atoms with Gasteiger partial charge in [0.05, 0.1) is 17.2 Å². The van der Waals surface area contributed by atoms with Gasteiger partial charge in [0.15, 0.2) is 5.82 Å². The summed E-state index contributed by atoms with van der Waals surface area (Å²) in [6.45, 7) is 1.90. The maximum Gasteiger partial charge on any atom is 0.341 e. The number of hydrogen-bond acceptors (Lipinski definition) is 3. The number of carbonyl (C=O) groups excluding carboxylic acids is 1. The van der Waals surface area contributed by atoms with Crippen LogP contribution in [0.2, 0.25) is 10.0 Å². The van der Waals surface area contributed by atoms with Crippen molar-refractivity contribution >= 4 is 40.1 Å². The summed E-state index contributed by atoms with van der Waals surface area (Å²) in [7, 11) is 0. The van der Waals surface area contributed by atoms with E-state index in [2.05, 4.69) is 4.98 Å². The first kappa shape index (κ1) is 13.1. The molecule has 3 nitrogen and oxygen atoms in total. The van der Waals surface area contributed by atoms with Crippen molar-refractivity contribution in [1.82, 2.24) is 4.98 Å². The smallest absolute Gasteiger partial charge is 0.341 e. The largest absolute Gasteiger partial charge is 0.462 e. The van der Waals surface area contributed by atoms with Crippen LogP contribution in [0, 0.1) is 5.82 Å². The number of esters is 1. The molecule has 18 heavy (non-hydrogen) atoms. The third-order valence-corrected chi connectivity index (χ3v) is 2.94. The molecule has 1 aromatic heterocycles. The lowest BCUT2D eigenvalue weighted by Crippen LogP contribution is -2.06. The Morgan fingerprint density at radius 2 is 2.17 bits per heavy atom. The van der Waals surface area contributed by atoms with Gasteiger partial charge in [-0.2, -0.15) is 0 Å². The van der Waals surface area contributed by atoms with Gasteiger partial charge in [-0.25, -0.2) is 9.18 Å². The van der Waals surface area contributed by atoms with Crippen LogP contribution >= 0.6 is 23.2 Å². The first-order valence-corrected chi connectivity index (χ1v) is 5.90. The topological polar surface area (TPSA) is 39.2 Å². The molecule has 94 valence electrons. The number of carbonyl (C=O) groups is 1. The Kier molecular flexibility index (Phi) is 3.68. The van der Waals surface area contributed by atoms with Gasteiger partial charge < -0.3 is 4.74 Å². The second-order valence-corrected chi connectivity index (χ2v) is 4.30. The van der Waals surface area contributed by atoms with E-state index in [1.54, 1.807) is 6.92 Å². The zero-order chi connectivity index (χ0) is 13.3. The second kappa shape index (κ2) is 5.08. The summed E-state index contributed by atoms with van der Waals surface area (Å²) in [5, 5.41) is 0.553. The van der Waals surface area contributed by atoms with E-state index in [1.165, 1.54) is 12.3 Å². The summed E-state index contributed by atoms with van der Waals surface area (Å²) >= 11 is 11.8. The molecule has 2 aromatic rings. The molecule has 0 aliphatic carbocycles. The third-order valence-electron chi connectivity index (χ3n) is 2.32. The fourth-order valence-electron chi connectivity index (χ4n) is 1.55. The van der Waals surface area contributed by atoms with E-state index in [1.807, 2.05) is 0 Å². The molecule has 0 saturated heterocycles. The van der Waals surface area contributed by atoms with Gasteiger partial charge in [-0.1, -0.05) is 23.2 Å². The van der Waals surface area contributed by atoms with Crippen molar-refractivity contribution in [3.05, 3.63) is 39.8 Å². The number of nitrogens with zero attached hydrogens (tertiary/aromatic N) is 1. The van der Waals surface area contributed by atoms with Crippen molar-refractivity contribution in [2.75, 3.05) is 6.61 Å².